The van der Waals surface area contributed by atoms with Crippen LogP contribution < -0.4 is 4.90 Å². The minimum Gasteiger partial charge on any atom is -0.373 e. The van der Waals surface area contributed by atoms with Crippen LogP contribution in [0.1, 0.15) is 0 Å². The van der Waals surface area contributed by atoms with Crippen molar-refractivity contribution in [3.63, 3.8) is 0 Å². The van der Waals surface area contributed by atoms with Gasteiger partial charge in [-0.25, -0.2) is 0 Å². The number of hydrogen-bond acceptors (Lipinski definition) is 3. The molecule has 0 fully saturated rings. The van der Waals surface area contributed by atoms with E-state index >= 15 is 0 Å². The number of allylic oxidation sites excluding steroid dienone is 2. The van der Waals surface area contributed by atoms with Crippen molar-refractivity contribution in [3.8, 4) is 0 Å². The summed E-state index contributed by atoms with van der Waals surface area (Å²) < 4.78 is 0. The van der Waals surface area contributed by atoms with E-state index in [1.54, 1.807) is 0 Å². The van der Waals surface area contributed by atoms with Crippen LogP contribution in [0.2, 0.25) is 5.02 Å². The highest BCUT2D eigenvalue weighted by molar-refractivity contribution is 6.31. The standard InChI is InChI=1S/C19H22ClN3/c1-22(2)12-14-5-4-6-15(14)13-23(3)19-9-10-21-18-11-16(20)7-8-17(18)19/h4-11,15H,12-13H2,1-3H3. The molecule has 0 aliphatic heterocycles. The van der Waals surface area contributed by atoms with Crippen molar-refractivity contribution < 1.29 is 0 Å². The lowest BCUT2D eigenvalue weighted by atomic mass is 10.0. The van der Waals surface area contributed by atoms with Gasteiger partial charge in [-0.05, 0) is 43.9 Å². The Morgan fingerprint density at radius 1 is 1.17 bits per heavy atom. The predicted molar refractivity (Wildman–Crippen MR) is 99.3 cm³/mol. The molecule has 1 unspecified atom stereocenters. The monoisotopic (exact) mass is 327 g/mol. The first-order valence-corrected chi connectivity index (χ1v) is 8.20. The van der Waals surface area contributed by atoms with Gasteiger partial charge in [-0.3, -0.25) is 4.98 Å². The Balaban J connectivity index is 1.83. The summed E-state index contributed by atoms with van der Waals surface area (Å²) in [5.74, 6) is 0.456. The Kier molecular flexibility index (Phi) is 4.69. The van der Waals surface area contributed by atoms with Crippen LogP contribution in [0.15, 0.2) is 54.3 Å². The fourth-order valence-electron chi connectivity index (χ4n) is 3.11. The van der Waals surface area contributed by atoms with Gasteiger partial charge in [0.2, 0.25) is 0 Å². The molecule has 0 amide bonds. The first-order chi connectivity index (χ1) is 11.0. The van der Waals surface area contributed by atoms with Crippen molar-refractivity contribution in [2.75, 3.05) is 39.1 Å². The lowest BCUT2D eigenvalue weighted by Crippen LogP contribution is -2.28. The molecule has 0 saturated carbocycles. The van der Waals surface area contributed by atoms with Crippen LogP contribution in [0.5, 0.6) is 0 Å². The summed E-state index contributed by atoms with van der Waals surface area (Å²) in [7, 11) is 6.36. The number of rotatable bonds is 5. The predicted octanol–water partition coefficient (Wildman–Crippen LogP) is 4.00. The first-order valence-electron chi connectivity index (χ1n) is 7.82. The summed E-state index contributed by atoms with van der Waals surface area (Å²) >= 11 is 6.08. The molecule has 1 aliphatic rings. The topological polar surface area (TPSA) is 19.4 Å². The van der Waals surface area contributed by atoms with E-state index in [4.69, 9.17) is 11.6 Å². The Hall–Kier alpha value is -1.84. The zero-order valence-electron chi connectivity index (χ0n) is 13.8. The highest BCUT2D eigenvalue weighted by Gasteiger charge is 2.18. The molecular formula is C19H22ClN3. The van der Waals surface area contributed by atoms with E-state index in [0.717, 1.165) is 29.0 Å². The van der Waals surface area contributed by atoms with Crippen molar-refractivity contribution in [2.45, 2.75) is 0 Å². The third-order valence-electron chi connectivity index (χ3n) is 4.19. The second kappa shape index (κ2) is 6.73. The molecule has 2 aromatic rings. The molecule has 3 nitrogen and oxygen atoms in total. The summed E-state index contributed by atoms with van der Waals surface area (Å²) in [6, 6.07) is 7.97. The average Bonchev–Trinajstić information content (AvgIpc) is 2.92. The molecule has 3 rings (SSSR count). The van der Waals surface area contributed by atoms with Gasteiger partial charge in [-0.2, -0.15) is 0 Å². The number of nitrogens with zero attached hydrogens (tertiary/aromatic N) is 3. The first kappa shape index (κ1) is 16.0. The zero-order valence-corrected chi connectivity index (χ0v) is 14.6. The molecular weight excluding hydrogens is 306 g/mol. The Morgan fingerprint density at radius 2 is 2.00 bits per heavy atom. The van der Waals surface area contributed by atoms with Gasteiger partial charge in [0.1, 0.15) is 0 Å². The van der Waals surface area contributed by atoms with Gasteiger partial charge >= 0.3 is 0 Å². The van der Waals surface area contributed by atoms with Crippen LogP contribution in [0.25, 0.3) is 10.9 Å². The zero-order chi connectivity index (χ0) is 16.4. The van der Waals surface area contributed by atoms with Crippen molar-refractivity contribution in [2.24, 2.45) is 5.92 Å². The van der Waals surface area contributed by atoms with Crippen LogP contribution in [0.3, 0.4) is 0 Å². The van der Waals surface area contributed by atoms with E-state index in [1.807, 2.05) is 18.3 Å². The van der Waals surface area contributed by atoms with Crippen LogP contribution >= 0.6 is 11.6 Å². The number of fused-ring (bicyclic) bond motifs is 1. The highest BCUT2D eigenvalue weighted by Crippen LogP contribution is 2.29. The maximum absolute atomic E-state index is 6.08. The molecule has 1 aliphatic carbocycles. The van der Waals surface area contributed by atoms with E-state index in [-0.39, 0.29) is 0 Å². The molecule has 1 atom stereocenters. The highest BCUT2D eigenvalue weighted by atomic mass is 35.5. The molecule has 1 heterocycles. The quantitative estimate of drug-likeness (QED) is 0.827. The summed E-state index contributed by atoms with van der Waals surface area (Å²) in [6.07, 6.45) is 8.55. The van der Waals surface area contributed by atoms with Crippen LogP contribution in [-0.2, 0) is 0 Å². The summed E-state index contributed by atoms with van der Waals surface area (Å²) in [5, 5.41) is 1.86. The Labute approximate surface area is 142 Å². The lowest BCUT2D eigenvalue weighted by Gasteiger charge is -2.26. The smallest absolute Gasteiger partial charge is 0.0737 e. The van der Waals surface area contributed by atoms with E-state index in [0.29, 0.717) is 5.92 Å². The molecule has 1 aromatic heterocycles. The second-order valence-corrected chi connectivity index (χ2v) is 6.78. The summed E-state index contributed by atoms with van der Waals surface area (Å²) in [4.78, 5) is 8.95. The minimum atomic E-state index is 0.456. The molecule has 23 heavy (non-hydrogen) atoms. The molecule has 1 aromatic carbocycles. The third-order valence-corrected chi connectivity index (χ3v) is 4.43. The fraction of sp³-hybridized carbons (Fsp3) is 0.316. The molecule has 0 spiro atoms. The van der Waals surface area contributed by atoms with E-state index in [2.05, 4.69) is 66.3 Å². The SMILES string of the molecule is CN(C)CC1=CC=CC1CN(C)c1ccnc2cc(Cl)ccc12. The molecule has 0 saturated heterocycles. The van der Waals surface area contributed by atoms with Crippen molar-refractivity contribution >= 4 is 28.2 Å². The number of hydrogen-bond donors (Lipinski definition) is 0. The maximum atomic E-state index is 6.08. The molecule has 4 heteroatoms. The van der Waals surface area contributed by atoms with Crippen LogP contribution in [-0.4, -0.2) is 44.1 Å². The van der Waals surface area contributed by atoms with Crippen LogP contribution in [0, 0.1) is 5.92 Å². The minimum absolute atomic E-state index is 0.456. The number of likely N-dealkylation sites (N-methyl/N-ethyl adjacent to an activating group) is 1. The fourth-order valence-corrected chi connectivity index (χ4v) is 3.27. The van der Waals surface area contributed by atoms with Gasteiger partial charge in [0.05, 0.1) is 5.52 Å². The van der Waals surface area contributed by atoms with E-state index in [9.17, 15) is 0 Å². The number of aromatic nitrogens is 1. The summed E-state index contributed by atoms with van der Waals surface area (Å²) in [6.45, 7) is 1.95. The Morgan fingerprint density at radius 3 is 2.78 bits per heavy atom. The number of benzene rings is 1. The molecule has 0 N–H and O–H groups in total. The van der Waals surface area contributed by atoms with E-state index in [1.165, 1.54) is 11.3 Å². The third kappa shape index (κ3) is 3.57. The summed E-state index contributed by atoms with van der Waals surface area (Å²) in [5.41, 5.74) is 3.59. The molecule has 0 radical (unpaired) electrons. The van der Waals surface area contributed by atoms with Gasteiger partial charge in [-0.15, -0.1) is 0 Å². The van der Waals surface area contributed by atoms with Crippen molar-refractivity contribution in [3.05, 3.63) is 59.3 Å². The average molecular weight is 328 g/mol. The normalized spacial score (nSPS) is 17.1. The van der Waals surface area contributed by atoms with Crippen molar-refractivity contribution in [1.82, 2.24) is 9.88 Å². The molecule has 120 valence electrons. The molecule has 0 bridgehead atoms. The van der Waals surface area contributed by atoms with Gasteiger partial charge in [0.25, 0.3) is 0 Å². The largest absolute Gasteiger partial charge is 0.373 e. The van der Waals surface area contributed by atoms with Crippen LogP contribution in [0.4, 0.5) is 5.69 Å². The number of pyridine rings is 1. The van der Waals surface area contributed by atoms with Gasteiger partial charge in [0, 0.05) is 48.3 Å². The van der Waals surface area contributed by atoms with Crippen molar-refractivity contribution in [1.29, 1.82) is 0 Å². The van der Waals surface area contributed by atoms with Gasteiger partial charge in [0.15, 0.2) is 0 Å². The Bertz CT molecular complexity index is 764. The lowest BCUT2D eigenvalue weighted by molar-refractivity contribution is 0.431. The maximum Gasteiger partial charge on any atom is 0.0737 e. The second-order valence-electron chi connectivity index (χ2n) is 6.34. The van der Waals surface area contributed by atoms with Gasteiger partial charge < -0.3 is 9.80 Å². The number of halogens is 1. The number of anilines is 1. The van der Waals surface area contributed by atoms with E-state index < -0.39 is 0 Å². The van der Waals surface area contributed by atoms with Gasteiger partial charge in [-0.1, -0.05) is 29.8 Å².